The number of carbonyl (C=O) groups is 1. The van der Waals surface area contributed by atoms with Gasteiger partial charge in [-0.1, -0.05) is 30.3 Å². The summed E-state index contributed by atoms with van der Waals surface area (Å²) < 4.78 is 7.08. The van der Waals surface area contributed by atoms with Crippen molar-refractivity contribution in [3.63, 3.8) is 0 Å². The van der Waals surface area contributed by atoms with Crippen molar-refractivity contribution in [2.75, 3.05) is 32.8 Å². The zero-order valence-corrected chi connectivity index (χ0v) is 17.5. The first-order valence-electron chi connectivity index (χ1n) is 10.4. The molecule has 2 heterocycles. The molecule has 6 nitrogen and oxygen atoms in total. The Morgan fingerprint density at radius 1 is 1.00 bits per heavy atom. The fraction of sp³-hybridized carbons (Fsp3) is 0.333. The number of aryl methyl sites for hydroxylation is 1. The first-order chi connectivity index (χ1) is 14.6. The van der Waals surface area contributed by atoms with Crippen molar-refractivity contribution in [3.05, 3.63) is 76.1 Å². The molecule has 1 aromatic heterocycles. The normalized spacial score (nSPS) is 14.8. The molecule has 0 N–H and O–H groups in total. The van der Waals surface area contributed by atoms with E-state index in [4.69, 9.17) is 4.74 Å². The lowest BCUT2D eigenvalue weighted by atomic mass is 10.1. The van der Waals surface area contributed by atoms with E-state index in [-0.39, 0.29) is 11.5 Å². The summed E-state index contributed by atoms with van der Waals surface area (Å²) in [5, 5.41) is 0.821. The lowest BCUT2D eigenvalue weighted by Crippen LogP contribution is -2.48. The maximum Gasteiger partial charge on any atom is 0.254 e. The quantitative estimate of drug-likeness (QED) is 0.655. The Morgan fingerprint density at radius 2 is 1.70 bits per heavy atom. The first kappa shape index (κ1) is 20.2. The van der Waals surface area contributed by atoms with Crippen LogP contribution in [0.4, 0.5) is 0 Å². The number of piperazine rings is 1. The predicted molar refractivity (Wildman–Crippen MR) is 118 cm³/mol. The van der Waals surface area contributed by atoms with Crippen LogP contribution >= 0.6 is 0 Å². The highest BCUT2D eigenvalue weighted by Gasteiger charge is 2.24. The minimum Gasteiger partial charge on any atom is -0.494 e. The van der Waals surface area contributed by atoms with Crippen LogP contribution in [-0.2, 0) is 13.6 Å². The molecule has 0 radical (unpaired) electrons. The van der Waals surface area contributed by atoms with Crippen LogP contribution in [0.1, 0.15) is 22.8 Å². The van der Waals surface area contributed by atoms with Crippen molar-refractivity contribution in [1.82, 2.24) is 14.4 Å². The monoisotopic (exact) mass is 405 g/mol. The van der Waals surface area contributed by atoms with Crippen molar-refractivity contribution < 1.29 is 9.53 Å². The number of hydrogen-bond donors (Lipinski definition) is 0. The van der Waals surface area contributed by atoms with Crippen LogP contribution in [0, 0.1) is 0 Å². The van der Waals surface area contributed by atoms with E-state index in [0.29, 0.717) is 25.3 Å². The van der Waals surface area contributed by atoms with Crippen LogP contribution in [0.5, 0.6) is 5.75 Å². The molecule has 0 bridgehead atoms. The summed E-state index contributed by atoms with van der Waals surface area (Å²) in [6, 6.07) is 17.2. The van der Waals surface area contributed by atoms with Crippen molar-refractivity contribution in [2.45, 2.75) is 13.5 Å². The highest BCUT2D eigenvalue weighted by molar-refractivity contribution is 6.06. The Kier molecular flexibility index (Phi) is 5.86. The van der Waals surface area contributed by atoms with E-state index < -0.39 is 0 Å². The van der Waals surface area contributed by atoms with Gasteiger partial charge in [-0.05, 0) is 30.7 Å². The van der Waals surface area contributed by atoms with Crippen LogP contribution in [-0.4, -0.2) is 53.1 Å². The maximum atomic E-state index is 13.2. The molecule has 0 unspecified atom stereocenters. The summed E-state index contributed by atoms with van der Waals surface area (Å²) in [6.07, 6.45) is 0. The Balaban J connectivity index is 1.43. The van der Waals surface area contributed by atoms with Crippen molar-refractivity contribution in [3.8, 4) is 5.75 Å². The van der Waals surface area contributed by atoms with Crippen LogP contribution in [0.3, 0.4) is 0 Å². The molecule has 1 aliphatic rings. The molecule has 1 saturated heterocycles. The number of hydrogen-bond acceptors (Lipinski definition) is 4. The van der Waals surface area contributed by atoms with Gasteiger partial charge in [-0.2, -0.15) is 0 Å². The molecule has 156 valence electrons. The molecule has 1 fully saturated rings. The fourth-order valence-electron chi connectivity index (χ4n) is 3.98. The molecule has 0 spiro atoms. The van der Waals surface area contributed by atoms with Crippen LogP contribution in [0.25, 0.3) is 10.9 Å². The van der Waals surface area contributed by atoms with E-state index in [1.165, 1.54) is 11.6 Å². The molecular weight excluding hydrogens is 378 g/mol. The Bertz CT molecular complexity index is 1100. The Labute approximate surface area is 176 Å². The summed E-state index contributed by atoms with van der Waals surface area (Å²) in [6.45, 7) is 6.41. The summed E-state index contributed by atoms with van der Waals surface area (Å²) in [7, 11) is 1.73. The predicted octanol–water partition coefficient (Wildman–Crippen LogP) is 2.90. The second kappa shape index (κ2) is 8.71. The van der Waals surface area contributed by atoms with Gasteiger partial charge in [0.1, 0.15) is 5.75 Å². The fourth-order valence-corrected chi connectivity index (χ4v) is 3.98. The molecule has 4 rings (SSSR count). The van der Waals surface area contributed by atoms with E-state index >= 15 is 0 Å². The summed E-state index contributed by atoms with van der Waals surface area (Å²) in [4.78, 5) is 29.7. The van der Waals surface area contributed by atoms with Crippen LogP contribution < -0.4 is 10.3 Å². The van der Waals surface area contributed by atoms with Gasteiger partial charge in [-0.25, -0.2) is 0 Å². The van der Waals surface area contributed by atoms with Crippen molar-refractivity contribution >= 4 is 16.8 Å². The third-order valence-corrected chi connectivity index (χ3v) is 5.68. The molecule has 30 heavy (non-hydrogen) atoms. The summed E-state index contributed by atoms with van der Waals surface area (Å²) in [5.41, 5.74) is 2.35. The smallest absolute Gasteiger partial charge is 0.254 e. The Hall–Kier alpha value is -3.12. The number of nitrogens with zero attached hydrogens (tertiary/aromatic N) is 3. The topological polar surface area (TPSA) is 54.8 Å². The molecule has 2 aromatic carbocycles. The lowest BCUT2D eigenvalue weighted by molar-refractivity contribution is 0.0630. The molecule has 1 amide bonds. The number of benzene rings is 2. The number of amides is 1. The van der Waals surface area contributed by atoms with Gasteiger partial charge in [-0.15, -0.1) is 0 Å². The number of carbonyl (C=O) groups excluding carboxylic acids is 1. The minimum atomic E-state index is -0.161. The van der Waals surface area contributed by atoms with Crippen LogP contribution in [0.2, 0.25) is 0 Å². The molecule has 6 heteroatoms. The molecule has 0 atom stereocenters. The number of ether oxygens (including phenoxy) is 1. The Morgan fingerprint density at radius 3 is 2.40 bits per heavy atom. The van der Waals surface area contributed by atoms with E-state index in [0.717, 1.165) is 36.3 Å². The largest absolute Gasteiger partial charge is 0.494 e. The third-order valence-electron chi connectivity index (χ3n) is 5.68. The SMILES string of the molecule is CCOc1ccc(CN2CCN(C(=O)c3cc(=O)n(C)c4ccccc34)CC2)cc1. The van der Waals surface area contributed by atoms with Gasteiger partial charge in [-0.3, -0.25) is 14.5 Å². The highest BCUT2D eigenvalue weighted by Crippen LogP contribution is 2.20. The zero-order valence-electron chi connectivity index (χ0n) is 17.5. The first-order valence-corrected chi connectivity index (χ1v) is 10.4. The average molecular weight is 405 g/mol. The van der Waals surface area contributed by atoms with Gasteiger partial charge in [0.15, 0.2) is 0 Å². The van der Waals surface area contributed by atoms with Crippen LogP contribution in [0.15, 0.2) is 59.4 Å². The minimum absolute atomic E-state index is 0.0652. The highest BCUT2D eigenvalue weighted by atomic mass is 16.5. The zero-order chi connectivity index (χ0) is 21.1. The maximum absolute atomic E-state index is 13.2. The average Bonchev–Trinajstić information content (AvgIpc) is 2.78. The number of rotatable bonds is 5. The van der Waals surface area contributed by atoms with E-state index in [2.05, 4.69) is 17.0 Å². The van der Waals surface area contributed by atoms with E-state index in [1.807, 2.05) is 48.2 Å². The number of pyridine rings is 1. The second-order valence-corrected chi connectivity index (χ2v) is 7.62. The van der Waals surface area contributed by atoms with Crippen molar-refractivity contribution in [1.29, 1.82) is 0 Å². The number of para-hydroxylation sites is 1. The molecule has 3 aromatic rings. The lowest BCUT2D eigenvalue weighted by Gasteiger charge is -2.35. The second-order valence-electron chi connectivity index (χ2n) is 7.62. The van der Waals surface area contributed by atoms with Gasteiger partial charge in [0.05, 0.1) is 17.7 Å². The van der Waals surface area contributed by atoms with Gasteiger partial charge in [0, 0.05) is 51.2 Å². The van der Waals surface area contributed by atoms with E-state index in [9.17, 15) is 9.59 Å². The third kappa shape index (κ3) is 4.09. The van der Waals surface area contributed by atoms with Gasteiger partial charge >= 0.3 is 0 Å². The molecule has 1 aliphatic heterocycles. The molecule has 0 aliphatic carbocycles. The van der Waals surface area contributed by atoms with E-state index in [1.54, 1.807) is 11.6 Å². The molecule has 0 saturated carbocycles. The standard InChI is InChI=1S/C24H27N3O3/c1-3-30-19-10-8-18(9-11-19)17-26-12-14-27(15-13-26)24(29)21-16-23(28)25(2)22-7-5-4-6-20(21)22/h4-11,16H,3,12-15,17H2,1-2H3. The van der Waals surface area contributed by atoms with Gasteiger partial charge in [0.25, 0.3) is 11.5 Å². The van der Waals surface area contributed by atoms with Crippen molar-refractivity contribution in [2.24, 2.45) is 7.05 Å². The number of fused-ring (bicyclic) bond motifs is 1. The summed E-state index contributed by atoms with van der Waals surface area (Å²) >= 11 is 0. The summed E-state index contributed by atoms with van der Waals surface area (Å²) in [5.74, 6) is 0.822. The number of aromatic nitrogens is 1. The molecular formula is C24H27N3O3. The van der Waals surface area contributed by atoms with Gasteiger partial charge in [0.2, 0.25) is 0 Å². The van der Waals surface area contributed by atoms with Gasteiger partial charge < -0.3 is 14.2 Å².